The Morgan fingerprint density at radius 1 is 1.03 bits per heavy atom. The molecule has 1 unspecified atom stereocenters. The number of aromatic hydroxyl groups is 1. The van der Waals surface area contributed by atoms with Gasteiger partial charge < -0.3 is 31.5 Å². The number of phenols is 1. The Hall–Kier alpha value is -4.79. The monoisotopic (exact) mass is 513 g/mol. The number of nitrogen functional groups attached to an aromatic ring is 1. The first-order chi connectivity index (χ1) is 18.4. The lowest BCUT2D eigenvalue weighted by atomic mass is 10.0. The lowest BCUT2D eigenvalue weighted by Gasteiger charge is -2.22. The van der Waals surface area contributed by atoms with Crippen LogP contribution in [0, 0.1) is 0 Å². The Kier molecular flexibility index (Phi) is 8.27. The van der Waals surface area contributed by atoms with Gasteiger partial charge in [0.25, 0.3) is 5.91 Å². The van der Waals surface area contributed by atoms with Crippen molar-refractivity contribution in [1.82, 2.24) is 15.6 Å². The molecule has 4 aromatic rings. The van der Waals surface area contributed by atoms with Gasteiger partial charge in [0.1, 0.15) is 11.9 Å². The number of phenolic OH excluding ortho intramolecular Hbond substituents is 1. The molecule has 6 N–H and O–H groups in total. The smallest absolute Gasteiger partial charge is 0.251 e. The Labute approximate surface area is 221 Å². The number of amides is 2. The number of hydrogen-bond donors (Lipinski definition) is 5. The van der Waals surface area contributed by atoms with E-state index in [-0.39, 0.29) is 29.9 Å². The first-order valence-corrected chi connectivity index (χ1v) is 12.4. The van der Waals surface area contributed by atoms with E-state index in [4.69, 9.17) is 10.5 Å². The maximum absolute atomic E-state index is 13.6. The highest BCUT2D eigenvalue weighted by molar-refractivity contribution is 5.96. The molecule has 0 aliphatic rings. The van der Waals surface area contributed by atoms with Gasteiger partial charge in [-0.25, -0.2) is 4.98 Å². The summed E-state index contributed by atoms with van der Waals surface area (Å²) >= 11 is 0. The molecule has 1 atom stereocenters. The minimum absolute atomic E-state index is 0.0145. The van der Waals surface area contributed by atoms with Crippen LogP contribution in [0.1, 0.15) is 41.4 Å². The molecule has 0 bridgehead atoms. The van der Waals surface area contributed by atoms with Crippen LogP contribution in [0.4, 0.5) is 11.5 Å². The van der Waals surface area contributed by atoms with Crippen LogP contribution in [-0.4, -0.2) is 35.1 Å². The topological polar surface area (TPSA) is 139 Å². The van der Waals surface area contributed by atoms with Gasteiger partial charge in [-0.2, -0.15) is 0 Å². The maximum atomic E-state index is 13.6. The normalized spacial score (nSPS) is 11.5. The van der Waals surface area contributed by atoms with Crippen LogP contribution in [0.3, 0.4) is 0 Å². The average Bonchev–Trinajstić information content (AvgIpc) is 2.92. The third-order valence-electron chi connectivity index (χ3n) is 6.04. The summed E-state index contributed by atoms with van der Waals surface area (Å²) in [5.41, 5.74) is 8.47. The van der Waals surface area contributed by atoms with Crippen LogP contribution in [-0.2, 0) is 11.3 Å². The highest BCUT2D eigenvalue weighted by atomic mass is 16.5. The molecule has 4 rings (SSSR count). The Balaban J connectivity index is 1.64. The van der Waals surface area contributed by atoms with Crippen LogP contribution in [0.25, 0.3) is 10.8 Å². The van der Waals surface area contributed by atoms with Crippen molar-refractivity contribution < 1.29 is 19.4 Å². The summed E-state index contributed by atoms with van der Waals surface area (Å²) in [5.74, 6) is 0.173. The predicted octanol–water partition coefficient (Wildman–Crippen LogP) is 4.14. The SMILES string of the molecule is CCNC(=O)c1ccccc1CNC(=O)C(Nc1ccc2c(N)nccc2c1)c1ccc(O)c(OCC)c1. The number of fused-ring (bicyclic) bond motifs is 1. The van der Waals surface area contributed by atoms with E-state index >= 15 is 0 Å². The third-order valence-corrected chi connectivity index (χ3v) is 6.04. The van der Waals surface area contributed by atoms with Crippen molar-refractivity contribution in [3.8, 4) is 11.5 Å². The minimum Gasteiger partial charge on any atom is -0.504 e. The Morgan fingerprint density at radius 2 is 1.84 bits per heavy atom. The molecular weight excluding hydrogens is 482 g/mol. The van der Waals surface area contributed by atoms with Gasteiger partial charge in [0.2, 0.25) is 5.91 Å². The minimum atomic E-state index is -0.830. The van der Waals surface area contributed by atoms with Crippen LogP contribution < -0.4 is 26.4 Å². The fourth-order valence-electron chi connectivity index (χ4n) is 4.18. The van der Waals surface area contributed by atoms with Gasteiger partial charge in [-0.3, -0.25) is 9.59 Å². The second kappa shape index (κ2) is 12.0. The van der Waals surface area contributed by atoms with Gasteiger partial charge in [0, 0.05) is 35.9 Å². The van der Waals surface area contributed by atoms with E-state index in [2.05, 4.69) is 20.9 Å². The number of aromatic nitrogens is 1. The number of carbonyl (C=O) groups is 2. The molecule has 1 heterocycles. The van der Waals surface area contributed by atoms with E-state index in [1.165, 1.54) is 6.07 Å². The number of pyridine rings is 1. The fraction of sp³-hybridized carbons (Fsp3) is 0.207. The molecule has 9 heteroatoms. The van der Waals surface area contributed by atoms with Crippen molar-refractivity contribution in [3.05, 3.63) is 89.6 Å². The molecule has 0 aliphatic heterocycles. The van der Waals surface area contributed by atoms with Gasteiger partial charge >= 0.3 is 0 Å². The summed E-state index contributed by atoms with van der Waals surface area (Å²) in [5, 5.41) is 20.9. The van der Waals surface area contributed by atoms with Crippen molar-refractivity contribution in [1.29, 1.82) is 0 Å². The fourth-order valence-corrected chi connectivity index (χ4v) is 4.18. The van der Waals surface area contributed by atoms with Gasteiger partial charge in [-0.05, 0) is 72.8 Å². The number of nitrogens with two attached hydrogens (primary N) is 1. The molecule has 0 aliphatic carbocycles. The van der Waals surface area contributed by atoms with E-state index in [1.54, 1.807) is 30.5 Å². The molecule has 0 radical (unpaired) electrons. The van der Waals surface area contributed by atoms with Crippen molar-refractivity contribution in [2.24, 2.45) is 0 Å². The molecule has 0 saturated carbocycles. The van der Waals surface area contributed by atoms with Crippen molar-refractivity contribution in [2.75, 3.05) is 24.2 Å². The standard InChI is InChI=1S/C29H31N5O4/c1-3-31-28(36)23-8-6-5-7-20(23)17-33-29(37)26(19-9-12-24(35)25(16-19)38-4-2)34-21-10-11-22-18(15-21)13-14-32-27(22)30/h5-16,26,34-35H,3-4,17H2,1-2H3,(H2,30,32)(H,31,36)(H,33,37). The van der Waals surface area contributed by atoms with Crippen molar-refractivity contribution in [2.45, 2.75) is 26.4 Å². The first kappa shape index (κ1) is 26.3. The summed E-state index contributed by atoms with van der Waals surface area (Å²) < 4.78 is 5.55. The summed E-state index contributed by atoms with van der Waals surface area (Å²) in [7, 11) is 0. The summed E-state index contributed by atoms with van der Waals surface area (Å²) in [6.45, 7) is 4.68. The second-order valence-electron chi connectivity index (χ2n) is 8.60. The summed E-state index contributed by atoms with van der Waals surface area (Å²) in [4.78, 5) is 30.2. The van der Waals surface area contributed by atoms with Gasteiger partial charge in [0.05, 0.1) is 6.61 Å². The number of ether oxygens (including phenoxy) is 1. The maximum Gasteiger partial charge on any atom is 0.251 e. The molecule has 0 fully saturated rings. The van der Waals surface area contributed by atoms with E-state index in [9.17, 15) is 14.7 Å². The number of rotatable bonds is 10. The molecular formula is C29H31N5O4. The Morgan fingerprint density at radius 3 is 2.63 bits per heavy atom. The molecule has 0 saturated heterocycles. The largest absolute Gasteiger partial charge is 0.504 e. The van der Waals surface area contributed by atoms with Crippen LogP contribution in [0.2, 0.25) is 0 Å². The summed E-state index contributed by atoms with van der Waals surface area (Å²) in [6, 6.07) is 18.5. The van der Waals surface area contributed by atoms with Gasteiger partial charge in [-0.15, -0.1) is 0 Å². The predicted molar refractivity (Wildman–Crippen MR) is 148 cm³/mol. The number of carbonyl (C=O) groups excluding carboxylic acids is 2. The van der Waals surface area contributed by atoms with Crippen LogP contribution in [0.5, 0.6) is 11.5 Å². The zero-order chi connectivity index (χ0) is 27.1. The lowest BCUT2D eigenvalue weighted by Crippen LogP contribution is -2.34. The number of hydrogen-bond acceptors (Lipinski definition) is 7. The number of anilines is 2. The zero-order valence-electron chi connectivity index (χ0n) is 21.3. The number of nitrogens with one attached hydrogen (secondary N) is 3. The quantitative estimate of drug-likeness (QED) is 0.215. The first-order valence-electron chi connectivity index (χ1n) is 12.4. The molecule has 38 heavy (non-hydrogen) atoms. The van der Waals surface area contributed by atoms with Crippen molar-refractivity contribution in [3.63, 3.8) is 0 Å². The van der Waals surface area contributed by atoms with E-state index in [0.717, 1.165) is 10.8 Å². The molecule has 2 amide bonds. The zero-order valence-corrected chi connectivity index (χ0v) is 21.3. The molecule has 3 aromatic carbocycles. The molecule has 1 aromatic heterocycles. The molecule has 196 valence electrons. The highest BCUT2D eigenvalue weighted by Crippen LogP contribution is 2.32. The van der Waals surface area contributed by atoms with Gasteiger partial charge in [0.15, 0.2) is 11.5 Å². The Bertz CT molecular complexity index is 1460. The van der Waals surface area contributed by atoms with Crippen LogP contribution >= 0.6 is 0 Å². The van der Waals surface area contributed by atoms with Crippen molar-refractivity contribution >= 4 is 34.1 Å². The second-order valence-corrected chi connectivity index (χ2v) is 8.60. The van der Waals surface area contributed by atoms with Crippen LogP contribution in [0.15, 0.2) is 72.9 Å². The molecule has 9 nitrogen and oxygen atoms in total. The highest BCUT2D eigenvalue weighted by Gasteiger charge is 2.23. The van der Waals surface area contributed by atoms with E-state index in [1.807, 2.05) is 50.2 Å². The summed E-state index contributed by atoms with van der Waals surface area (Å²) in [6.07, 6.45) is 1.63. The van der Waals surface area contributed by atoms with Gasteiger partial charge in [-0.1, -0.05) is 24.3 Å². The lowest BCUT2D eigenvalue weighted by molar-refractivity contribution is -0.122. The van der Waals surface area contributed by atoms with E-state index in [0.29, 0.717) is 41.3 Å². The van der Waals surface area contributed by atoms with E-state index < -0.39 is 6.04 Å². The average molecular weight is 514 g/mol. The third kappa shape index (κ3) is 5.95. The molecule has 0 spiro atoms. The number of benzene rings is 3. The number of nitrogens with zero attached hydrogens (tertiary/aromatic N) is 1.